The minimum atomic E-state index is -0.504. The van der Waals surface area contributed by atoms with E-state index in [-0.39, 0.29) is 16.5 Å². The van der Waals surface area contributed by atoms with Crippen LogP contribution in [-0.2, 0) is 4.79 Å². The Morgan fingerprint density at radius 2 is 2.17 bits per heavy atom. The molecule has 1 aromatic heterocycles. The predicted molar refractivity (Wildman–Crippen MR) is 95.5 cm³/mol. The molecular weight excluding hydrogens is 334 g/mol. The van der Waals surface area contributed by atoms with E-state index in [1.165, 1.54) is 23.5 Å². The molecule has 0 bridgehead atoms. The van der Waals surface area contributed by atoms with Gasteiger partial charge in [0.2, 0.25) is 5.91 Å². The van der Waals surface area contributed by atoms with E-state index >= 15 is 0 Å². The molecule has 1 aromatic carbocycles. The van der Waals surface area contributed by atoms with Gasteiger partial charge in [0.25, 0.3) is 5.69 Å². The van der Waals surface area contributed by atoms with Gasteiger partial charge in [-0.15, -0.1) is 11.3 Å². The van der Waals surface area contributed by atoms with Gasteiger partial charge in [-0.3, -0.25) is 20.2 Å². The Hall–Kier alpha value is -2.58. The van der Waals surface area contributed by atoms with Gasteiger partial charge in [0.1, 0.15) is 5.69 Å². The van der Waals surface area contributed by atoms with Crippen LogP contribution in [0.2, 0.25) is 0 Å². The average Bonchev–Trinajstić information content (AvgIpc) is 3.00. The highest BCUT2D eigenvalue weighted by Gasteiger charge is 2.15. The van der Waals surface area contributed by atoms with Crippen molar-refractivity contribution in [2.24, 2.45) is 0 Å². The molecular formula is C15H13N3O3S2. The molecule has 2 aromatic rings. The highest BCUT2D eigenvalue weighted by Crippen LogP contribution is 2.25. The van der Waals surface area contributed by atoms with E-state index in [9.17, 15) is 14.9 Å². The summed E-state index contributed by atoms with van der Waals surface area (Å²) < 4.78 is 0. The molecule has 1 heterocycles. The number of nitro benzene ring substituents is 1. The summed E-state index contributed by atoms with van der Waals surface area (Å²) in [4.78, 5) is 23.2. The Labute approximate surface area is 142 Å². The Morgan fingerprint density at radius 1 is 1.39 bits per heavy atom. The normalized spacial score (nSPS) is 10.5. The Balaban J connectivity index is 2.00. The first-order valence-corrected chi connectivity index (χ1v) is 7.83. The zero-order chi connectivity index (χ0) is 16.8. The first-order valence-electron chi connectivity index (χ1n) is 6.54. The molecule has 0 fully saturated rings. The van der Waals surface area contributed by atoms with Crippen LogP contribution in [0, 0.1) is 17.0 Å². The number of thiocarbonyl (C=S) groups is 1. The monoisotopic (exact) mass is 347 g/mol. The van der Waals surface area contributed by atoms with Crippen LogP contribution in [0.1, 0.15) is 10.4 Å². The highest BCUT2D eigenvalue weighted by atomic mass is 32.1. The van der Waals surface area contributed by atoms with Crippen molar-refractivity contribution in [3.8, 4) is 0 Å². The fourth-order valence-electron chi connectivity index (χ4n) is 1.75. The van der Waals surface area contributed by atoms with Gasteiger partial charge in [0.05, 0.1) is 4.92 Å². The first-order chi connectivity index (χ1) is 11.0. The predicted octanol–water partition coefficient (Wildman–Crippen LogP) is 3.49. The van der Waals surface area contributed by atoms with E-state index in [0.29, 0.717) is 0 Å². The van der Waals surface area contributed by atoms with Gasteiger partial charge in [0.15, 0.2) is 5.11 Å². The van der Waals surface area contributed by atoms with Crippen LogP contribution in [0.25, 0.3) is 6.08 Å². The minimum Gasteiger partial charge on any atom is -0.327 e. The minimum absolute atomic E-state index is 0.00205. The quantitative estimate of drug-likeness (QED) is 0.383. The maximum absolute atomic E-state index is 11.8. The first kappa shape index (κ1) is 16.8. The van der Waals surface area contributed by atoms with E-state index in [4.69, 9.17) is 12.2 Å². The molecule has 8 heteroatoms. The number of hydrogen-bond acceptors (Lipinski definition) is 5. The van der Waals surface area contributed by atoms with Crippen LogP contribution >= 0.6 is 23.6 Å². The standard InChI is InChI=1S/C15H13N3O3S2/c1-10-4-6-12(13(9-10)18(20)21)16-15(22)17-14(19)7-5-11-3-2-8-23-11/h2-9H,1H3,(H2,16,17,19,22)/b7-5+. The molecule has 0 aliphatic carbocycles. The number of anilines is 1. The molecule has 23 heavy (non-hydrogen) atoms. The van der Waals surface area contributed by atoms with Gasteiger partial charge in [-0.25, -0.2) is 0 Å². The van der Waals surface area contributed by atoms with Crippen LogP contribution in [0.4, 0.5) is 11.4 Å². The van der Waals surface area contributed by atoms with Crippen molar-refractivity contribution in [2.75, 3.05) is 5.32 Å². The number of carbonyl (C=O) groups is 1. The van der Waals surface area contributed by atoms with E-state index < -0.39 is 10.8 Å². The summed E-state index contributed by atoms with van der Waals surface area (Å²) in [7, 11) is 0. The molecule has 0 atom stereocenters. The molecule has 0 spiro atoms. The Kier molecular flexibility index (Phi) is 5.56. The topological polar surface area (TPSA) is 84.3 Å². The molecule has 6 nitrogen and oxygen atoms in total. The van der Waals surface area contributed by atoms with Gasteiger partial charge < -0.3 is 5.32 Å². The lowest BCUT2D eigenvalue weighted by Gasteiger charge is -2.09. The summed E-state index contributed by atoms with van der Waals surface area (Å²) in [5.41, 5.74) is 0.889. The van der Waals surface area contributed by atoms with Crippen LogP contribution in [-0.4, -0.2) is 15.9 Å². The van der Waals surface area contributed by atoms with Crippen molar-refractivity contribution in [1.29, 1.82) is 0 Å². The Bertz CT molecular complexity index is 770. The van der Waals surface area contributed by atoms with Crippen LogP contribution in [0.15, 0.2) is 41.8 Å². The molecule has 0 saturated heterocycles. The molecule has 1 amide bonds. The number of benzene rings is 1. The highest BCUT2D eigenvalue weighted by molar-refractivity contribution is 7.80. The number of aryl methyl sites for hydroxylation is 1. The lowest BCUT2D eigenvalue weighted by molar-refractivity contribution is -0.383. The average molecular weight is 347 g/mol. The number of amides is 1. The molecule has 0 saturated carbocycles. The largest absolute Gasteiger partial charge is 0.327 e. The van der Waals surface area contributed by atoms with Crippen molar-refractivity contribution >= 4 is 52.0 Å². The second-order valence-corrected chi connectivity index (χ2v) is 5.96. The van der Waals surface area contributed by atoms with Gasteiger partial charge >= 0.3 is 0 Å². The summed E-state index contributed by atoms with van der Waals surface area (Å²) >= 11 is 6.51. The van der Waals surface area contributed by atoms with Crippen molar-refractivity contribution in [3.63, 3.8) is 0 Å². The third kappa shape index (κ3) is 4.97. The third-order valence-electron chi connectivity index (χ3n) is 2.78. The molecule has 0 aliphatic rings. The van der Waals surface area contributed by atoms with Gasteiger partial charge in [-0.2, -0.15) is 0 Å². The van der Waals surface area contributed by atoms with E-state index in [2.05, 4.69) is 10.6 Å². The van der Waals surface area contributed by atoms with E-state index in [0.717, 1.165) is 10.4 Å². The van der Waals surface area contributed by atoms with Gasteiger partial charge in [-0.1, -0.05) is 12.1 Å². The van der Waals surface area contributed by atoms with Gasteiger partial charge in [-0.05, 0) is 48.3 Å². The van der Waals surface area contributed by atoms with Crippen LogP contribution in [0.3, 0.4) is 0 Å². The number of nitrogens with one attached hydrogen (secondary N) is 2. The summed E-state index contributed by atoms with van der Waals surface area (Å²) in [6, 6.07) is 8.46. The Morgan fingerprint density at radius 3 is 2.83 bits per heavy atom. The summed E-state index contributed by atoms with van der Waals surface area (Å²) in [5, 5.41) is 18.1. The molecule has 118 valence electrons. The molecule has 0 unspecified atom stereocenters. The molecule has 2 N–H and O–H groups in total. The number of rotatable bonds is 4. The van der Waals surface area contributed by atoms with Gasteiger partial charge in [0, 0.05) is 17.0 Å². The second kappa shape index (κ2) is 7.61. The third-order valence-corrected chi connectivity index (χ3v) is 3.82. The number of carbonyl (C=O) groups excluding carboxylic acids is 1. The zero-order valence-corrected chi connectivity index (χ0v) is 13.7. The zero-order valence-electron chi connectivity index (χ0n) is 12.1. The fourth-order valence-corrected chi connectivity index (χ4v) is 2.58. The molecule has 0 aliphatic heterocycles. The van der Waals surface area contributed by atoms with Crippen molar-refractivity contribution < 1.29 is 9.72 Å². The summed E-state index contributed by atoms with van der Waals surface area (Å²) in [6.45, 7) is 1.76. The van der Waals surface area contributed by atoms with Crippen molar-refractivity contribution in [2.45, 2.75) is 6.92 Å². The lowest BCUT2D eigenvalue weighted by Crippen LogP contribution is -2.33. The molecule has 0 radical (unpaired) electrons. The van der Waals surface area contributed by atoms with Crippen molar-refractivity contribution in [1.82, 2.24) is 5.32 Å². The fraction of sp³-hybridized carbons (Fsp3) is 0.0667. The number of nitro groups is 1. The summed E-state index contributed by atoms with van der Waals surface area (Å²) in [5.74, 6) is -0.411. The van der Waals surface area contributed by atoms with Crippen molar-refractivity contribution in [3.05, 3.63) is 62.3 Å². The SMILES string of the molecule is Cc1ccc(NC(=S)NC(=O)/C=C/c2cccs2)c([N+](=O)[O-])c1. The smallest absolute Gasteiger partial charge is 0.292 e. The second-order valence-electron chi connectivity index (χ2n) is 4.57. The molecule has 2 rings (SSSR count). The van der Waals surface area contributed by atoms with E-state index in [1.807, 2.05) is 17.5 Å². The number of nitrogens with zero attached hydrogens (tertiary/aromatic N) is 1. The maximum Gasteiger partial charge on any atom is 0.292 e. The maximum atomic E-state index is 11.8. The van der Waals surface area contributed by atoms with E-state index in [1.54, 1.807) is 25.1 Å². The number of hydrogen-bond donors (Lipinski definition) is 2. The van der Waals surface area contributed by atoms with Crippen LogP contribution in [0.5, 0.6) is 0 Å². The lowest BCUT2D eigenvalue weighted by atomic mass is 10.2. The summed E-state index contributed by atoms with van der Waals surface area (Å²) in [6.07, 6.45) is 3.01. The van der Waals surface area contributed by atoms with Crippen LogP contribution < -0.4 is 10.6 Å². The number of thiophene rings is 1.